The van der Waals surface area contributed by atoms with E-state index in [1.807, 2.05) is 149 Å². The SMILES string of the molecule is C.Cc1cc2ccccc2cc1Cl.Cc1cc2ccccc2cc1F.Cc1ccc2c(c1)C(N)=NOC2.Cc1ccc2c(c1)CON=C2N.Cc1ccc2c(n1)CCCC2.Cc1ccc2cc(Cl)ccc2c1.Cc1ccc2cccnc2n1. The molecule has 0 saturated carbocycles. The first kappa shape index (κ1) is 61.9. The van der Waals surface area contributed by atoms with Crippen molar-refractivity contribution in [1.29, 1.82) is 0 Å². The zero-order chi connectivity index (χ0) is 58.1. The van der Waals surface area contributed by atoms with E-state index in [2.05, 4.69) is 93.7 Å². The van der Waals surface area contributed by atoms with Gasteiger partial charge in [-0.1, -0.05) is 167 Å². The van der Waals surface area contributed by atoms with Gasteiger partial charge in [-0.25, -0.2) is 14.4 Å². The average molecular weight is 1150 g/mol. The second kappa shape index (κ2) is 29.8. The van der Waals surface area contributed by atoms with Gasteiger partial charge in [0.25, 0.3) is 0 Å². The first-order chi connectivity index (χ1) is 39.6. The number of amidine groups is 2. The quantitative estimate of drug-likeness (QED) is 0.154. The number of fused-ring (bicyclic) bond motifs is 7. The Morgan fingerprint density at radius 3 is 1.70 bits per heavy atom. The van der Waals surface area contributed by atoms with Crippen LogP contribution in [0.1, 0.15) is 93.0 Å². The van der Waals surface area contributed by atoms with E-state index < -0.39 is 0 Å². The average Bonchev–Trinajstić information content (AvgIpc) is 3.51. The molecule has 2 aliphatic heterocycles. The summed E-state index contributed by atoms with van der Waals surface area (Å²) >= 11 is 11.8. The molecule has 0 amide bonds. The fourth-order valence-electron chi connectivity index (χ4n) is 9.32. The van der Waals surface area contributed by atoms with Gasteiger partial charge in [-0.2, -0.15) is 0 Å². The lowest BCUT2D eigenvalue weighted by Gasteiger charge is -2.14. The summed E-state index contributed by atoms with van der Waals surface area (Å²) in [5.41, 5.74) is 26.8. The molecule has 12 heteroatoms. The Morgan fingerprint density at radius 2 is 0.964 bits per heavy atom. The van der Waals surface area contributed by atoms with E-state index in [0.29, 0.717) is 30.4 Å². The van der Waals surface area contributed by atoms with Crippen molar-refractivity contribution in [2.45, 2.75) is 94.8 Å². The van der Waals surface area contributed by atoms with Gasteiger partial charge >= 0.3 is 0 Å². The molecule has 11 aromatic rings. The van der Waals surface area contributed by atoms with E-state index in [4.69, 9.17) is 44.3 Å². The summed E-state index contributed by atoms with van der Waals surface area (Å²) in [6.45, 7) is 15.0. The van der Waals surface area contributed by atoms with E-state index >= 15 is 0 Å². The van der Waals surface area contributed by atoms with E-state index in [0.717, 1.165) is 71.1 Å². The van der Waals surface area contributed by atoms with Crippen LogP contribution in [0.5, 0.6) is 0 Å². The standard InChI is InChI=1S/2C11H9Cl.C11H9F.C10H13N.2C9H10N2O.C9H8N2.CH4/c1-8-2-3-10-7-11(12)5-4-9(10)6-8;2*1-8-6-9-4-2-3-5-10(9)7-11(8)12;1-8-6-7-9-4-2-3-5-10(9)11-8;1-6-2-3-8-7(4-6)5-12-11-9(8)10;1-6-2-3-7-5-12-11-9(10)8(7)4-6;1-7-4-5-8-3-2-6-10-9(8)11-7;/h3*2-7H,1H3;6-7H,2-5H2,1H3;2*2-4H,5H2,1H3,(H2,10,11);2-6H,1H3;1H4. The predicted octanol–water partition coefficient (Wildman–Crippen LogP) is 18.0. The maximum absolute atomic E-state index is 13.0. The molecule has 4 N–H and O–H groups in total. The molecule has 8 aromatic carbocycles. The number of hydrogen-bond acceptors (Lipinski definition) is 9. The summed E-state index contributed by atoms with van der Waals surface area (Å²) in [4.78, 5) is 22.7. The molecule has 5 heterocycles. The smallest absolute Gasteiger partial charge is 0.170 e. The number of aromatic nitrogens is 3. The molecule has 0 spiro atoms. The molecule has 0 radical (unpaired) electrons. The molecule has 0 fully saturated rings. The number of rotatable bonds is 0. The predicted molar refractivity (Wildman–Crippen MR) is 346 cm³/mol. The largest absolute Gasteiger partial charge is 0.389 e. The summed E-state index contributed by atoms with van der Waals surface area (Å²) < 4.78 is 13.0. The third-order valence-electron chi connectivity index (χ3n) is 13.8. The second-order valence-electron chi connectivity index (χ2n) is 20.5. The highest BCUT2D eigenvalue weighted by Gasteiger charge is 2.14. The molecule has 0 unspecified atom stereocenters. The van der Waals surface area contributed by atoms with Crippen molar-refractivity contribution in [1.82, 2.24) is 15.0 Å². The van der Waals surface area contributed by atoms with Gasteiger partial charge in [-0.15, -0.1) is 0 Å². The molecule has 3 aromatic heterocycles. The zero-order valence-corrected chi connectivity index (χ0v) is 49.0. The number of nitrogens with two attached hydrogens (primary N) is 2. The Hall–Kier alpha value is -8.70. The third-order valence-corrected chi connectivity index (χ3v) is 14.4. The Kier molecular flexibility index (Phi) is 22.3. The lowest BCUT2D eigenvalue weighted by atomic mass is 9.96. The zero-order valence-electron chi connectivity index (χ0n) is 47.5. The highest BCUT2D eigenvalue weighted by atomic mass is 35.5. The Bertz CT molecular complexity index is 3870. The highest BCUT2D eigenvalue weighted by Crippen LogP contribution is 2.25. The number of oxime groups is 2. The molecule has 9 nitrogen and oxygen atoms in total. The third kappa shape index (κ3) is 17.7. The number of benzene rings is 8. The summed E-state index contributed by atoms with van der Waals surface area (Å²) in [6.07, 6.45) is 6.86. The van der Waals surface area contributed by atoms with Gasteiger partial charge in [0.2, 0.25) is 0 Å². The van der Waals surface area contributed by atoms with Crippen LogP contribution in [0.2, 0.25) is 10.0 Å². The molecule has 83 heavy (non-hydrogen) atoms. The molecule has 1 aliphatic carbocycles. The summed E-state index contributed by atoms with van der Waals surface area (Å²) in [5.74, 6) is 0.810. The minimum Gasteiger partial charge on any atom is -0.389 e. The number of nitrogens with zero attached hydrogens (tertiary/aromatic N) is 5. The monoisotopic (exact) mass is 1140 g/mol. The van der Waals surface area contributed by atoms with Crippen molar-refractivity contribution in [2.75, 3.05) is 0 Å². The summed E-state index contributed by atoms with van der Waals surface area (Å²) in [7, 11) is 0. The van der Waals surface area contributed by atoms with Crippen molar-refractivity contribution < 1.29 is 14.1 Å². The molecule has 14 rings (SSSR count). The second-order valence-corrected chi connectivity index (χ2v) is 21.3. The number of halogens is 3. The molecule has 0 bridgehead atoms. The molecule has 424 valence electrons. The Morgan fingerprint density at radius 1 is 0.446 bits per heavy atom. The van der Waals surface area contributed by atoms with Crippen LogP contribution >= 0.6 is 23.2 Å². The van der Waals surface area contributed by atoms with Crippen molar-refractivity contribution >= 4 is 78.2 Å². The molecule has 3 aliphatic rings. The fraction of sp³-hybridized carbons (Fsp3) is 0.197. The van der Waals surface area contributed by atoms with Crippen LogP contribution < -0.4 is 11.5 Å². The van der Waals surface area contributed by atoms with Crippen LogP contribution in [0.3, 0.4) is 0 Å². The van der Waals surface area contributed by atoms with Crippen LogP contribution in [-0.2, 0) is 35.7 Å². The van der Waals surface area contributed by atoms with Crippen LogP contribution in [0.25, 0.3) is 43.4 Å². The van der Waals surface area contributed by atoms with Gasteiger partial charge < -0.3 is 21.1 Å². The Balaban J connectivity index is 0.000000139. The summed E-state index contributed by atoms with van der Waals surface area (Å²) in [6, 6.07) is 60.3. The van der Waals surface area contributed by atoms with Gasteiger partial charge in [0.15, 0.2) is 17.3 Å². The van der Waals surface area contributed by atoms with Crippen LogP contribution in [0.4, 0.5) is 4.39 Å². The van der Waals surface area contributed by atoms with E-state index in [1.165, 1.54) is 75.2 Å². The minimum absolute atomic E-state index is 0. The summed E-state index contributed by atoms with van der Waals surface area (Å²) in [5, 5.41) is 17.1. The number of aryl methyl sites for hydroxylation is 9. The molecular weight excluding hydrogens is 1070 g/mol. The van der Waals surface area contributed by atoms with Gasteiger partial charge in [-0.3, -0.25) is 4.98 Å². The molecule has 0 atom stereocenters. The van der Waals surface area contributed by atoms with Crippen molar-refractivity contribution in [3.8, 4) is 0 Å². The fourth-order valence-corrected chi connectivity index (χ4v) is 9.67. The first-order valence-electron chi connectivity index (χ1n) is 27.3. The molecular formula is C71H72Cl2FN7O2. The molecule has 0 saturated heterocycles. The Labute approximate surface area is 497 Å². The van der Waals surface area contributed by atoms with E-state index in [1.54, 1.807) is 19.2 Å². The number of pyridine rings is 3. The van der Waals surface area contributed by atoms with Gasteiger partial charge in [-0.05, 0) is 196 Å². The maximum Gasteiger partial charge on any atom is 0.170 e. The lowest BCUT2D eigenvalue weighted by Crippen LogP contribution is -2.20. The minimum atomic E-state index is -0.131. The van der Waals surface area contributed by atoms with E-state index in [9.17, 15) is 4.39 Å². The first-order valence-corrected chi connectivity index (χ1v) is 28.0. The van der Waals surface area contributed by atoms with Gasteiger partial charge in [0.1, 0.15) is 19.0 Å². The van der Waals surface area contributed by atoms with Crippen LogP contribution in [-0.4, -0.2) is 26.6 Å². The van der Waals surface area contributed by atoms with Crippen molar-refractivity contribution in [3.05, 3.63) is 277 Å². The van der Waals surface area contributed by atoms with Gasteiger partial charge in [0, 0.05) is 61.0 Å². The van der Waals surface area contributed by atoms with Crippen LogP contribution in [0, 0.1) is 54.3 Å². The number of hydrogen-bond donors (Lipinski definition) is 2. The van der Waals surface area contributed by atoms with Crippen LogP contribution in [0.15, 0.2) is 198 Å². The van der Waals surface area contributed by atoms with Crippen molar-refractivity contribution in [2.24, 2.45) is 21.8 Å². The van der Waals surface area contributed by atoms with E-state index in [-0.39, 0.29) is 13.2 Å². The topological polar surface area (TPSA) is 134 Å². The van der Waals surface area contributed by atoms with Crippen molar-refractivity contribution in [3.63, 3.8) is 0 Å². The van der Waals surface area contributed by atoms with Gasteiger partial charge in [0.05, 0.1) is 0 Å². The maximum atomic E-state index is 13.0. The lowest BCUT2D eigenvalue weighted by molar-refractivity contribution is 0.125. The normalized spacial score (nSPS) is 12.3. The highest BCUT2D eigenvalue weighted by molar-refractivity contribution is 6.32.